The molecule has 2 aliphatic carbocycles. The Bertz CT molecular complexity index is 1080. The maximum atomic E-state index is 13.9. The molecule has 5 rings (SSSR count). The number of carboxylic acid groups (broad SMARTS) is 1. The van der Waals surface area contributed by atoms with E-state index in [9.17, 15) is 14.7 Å². The van der Waals surface area contributed by atoms with E-state index in [2.05, 4.69) is 0 Å². The minimum absolute atomic E-state index is 0.00294. The number of methoxy groups -OCH3 is 2. The number of hydrogen-bond acceptors (Lipinski definition) is 4. The number of ether oxygens (including phenoxy) is 2. The van der Waals surface area contributed by atoms with Gasteiger partial charge in [-0.3, -0.25) is 9.59 Å². The van der Waals surface area contributed by atoms with Crippen LogP contribution in [0, 0.1) is 23.7 Å². The van der Waals surface area contributed by atoms with Gasteiger partial charge in [0.1, 0.15) is 0 Å². The summed E-state index contributed by atoms with van der Waals surface area (Å²) in [6.45, 7) is 0.533. The molecule has 2 bridgehead atoms. The number of rotatable bonds is 5. The number of nitrogens with zero attached hydrogens (tertiary/aromatic N) is 1. The van der Waals surface area contributed by atoms with Gasteiger partial charge in [-0.1, -0.05) is 42.5 Å². The molecule has 2 aromatic carbocycles. The lowest BCUT2D eigenvalue weighted by Crippen LogP contribution is -2.47. The van der Waals surface area contributed by atoms with Crippen LogP contribution >= 0.6 is 0 Å². The van der Waals surface area contributed by atoms with Crippen molar-refractivity contribution in [3.05, 3.63) is 71.3 Å². The molecular weight excluding hydrogens is 406 g/mol. The fourth-order valence-corrected chi connectivity index (χ4v) is 5.87. The van der Waals surface area contributed by atoms with Gasteiger partial charge in [0.15, 0.2) is 11.5 Å². The quantitative estimate of drug-likeness (QED) is 0.728. The van der Waals surface area contributed by atoms with Gasteiger partial charge in [0.05, 0.1) is 32.1 Å². The average molecular weight is 434 g/mol. The summed E-state index contributed by atoms with van der Waals surface area (Å²) >= 11 is 0. The number of allylic oxidation sites excluding steroid dienone is 2. The molecule has 0 aromatic heterocycles. The molecule has 1 heterocycles. The van der Waals surface area contributed by atoms with Crippen molar-refractivity contribution in [1.29, 1.82) is 0 Å². The molecular formula is C26H27NO5. The van der Waals surface area contributed by atoms with Crippen molar-refractivity contribution in [3.63, 3.8) is 0 Å². The van der Waals surface area contributed by atoms with Crippen molar-refractivity contribution in [2.24, 2.45) is 23.7 Å². The van der Waals surface area contributed by atoms with Crippen molar-refractivity contribution >= 4 is 11.9 Å². The SMILES string of the molecule is COc1cc2c(cc1OC)C(c1ccccc1)N(C(=O)C1C3C=CC(C3)C1C(=O)O)CC2. The van der Waals surface area contributed by atoms with Crippen molar-refractivity contribution in [1.82, 2.24) is 4.90 Å². The zero-order valence-electron chi connectivity index (χ0n) is 18.2. The van der Waals surface area contributed by atoms with E-state index in [1.807, 2.05) is 59.5 Å². The normalized spacial score (nSPS) is 27.8. The summed E-state index contributed by atoms with van der Waals surface area (Å²) in [7, 11) is 3.22. The van der Waals surface area contributed by atoms with E-state index in [1.165, 1.54) is 0 Å². The van der Waals surface area contributed by atoms with Gasteiger partial charge in [-0.2, -0.15) is 0 Å². The zero-order chi connectivity index (χ0) is 22.4. The molecule has 0 spiro atoms. The number of carbonyl (C=O) groups excluding carboxylic acids is 1. The Morgan fingerprint density at radius 1 is 0.969 bits per heavy atom. The summed E-state index contributed by atoms with van der Waals surface area (Å²) in [6, 6.07) is 13.6. The molecule has 1 N–H and O–H groups in total. The predicted molar refractivity (Wildman–Crippen MR) is 119 cm³/mol. The van der Waals surface area contributed by atoms with E-state index in [0.29, 0.717) is 24.5 Å². The second-order valence-electron chi connectivity index (χ2n) is 8.84. The summed E-state index contributed by atoms with van der Waals surface area (Å²) in [5.41, 5.74) is 3.11. The highest BCUT2D eigenvalue weighted by Crippen LogP contribution is 2.50. The van der Waals surface area contributed by atoms with Gasteiger partial charge in [-0.15, -0.1) is 0 Å². The van der Waals surface area contributed by atoms with Gasteiger partial charge in [0.2, 0.25) is 5.91 Å². The van der Waals surface area contributed by atoms with Crippen LogP contribution in [0.2, 0.25) is 0 Å². The molecule has 1 fully saturated rings. The van der Waals surface area contributed by atoms with Gasteiger partial charge < -0.3 is 19.5 Å². The number of carbonyl (C=O) groups is 2. The zero-order valence-corrected chi connectivity index (χ0v) is 18.2. The molecule has 2 aromatic rings. The highest BCUT2D eigenvalue weighted by molar-refractivity contribution is 5.87. The molecule has 0 saturated heterocycles. The average Bonchev–Trinajstić information content (AvgIpc) is 3.44. The van der Waals surface area contributed by atoms with Crippen LogP contribution < -0.4 is 9.47 Å². The van der Waals surface area contributed by atoms with Crippen LogP contribution in [0.5, 0.6) is 11.5 Å². The summed E-state index contributed by atoms with van der Waals surface area (Å²) in [5, 5.41) is 9.88. The van der Waals surface area contributed by atoms with Gasteiger partial charge in [0, 0.05) is 6.54 Å². The van der Waals surface area contributed by atoms with E-state index in [4.69, 9.17) is 9.47 Å². The largest absolute Gasteiger partial charge is 0.493 e. The standard InChI is InChI=1S/C26H27NO5/c1-31-20-13-16-10-11-27(25(28)22-17-8-9-18(12-17)23(22)26(29)30)24(15-6-4-3-5-7-15)19(16)14-21(20)32-2/h3-9,13-14,17-18,22-24H,10-12H2,1-2H3,(H,29,30). The number of hydrogen-bond donors (Lipinski definition) is 1. The highest BCUT2D eigenvalue weighted by Gasteiger charge is 2.53. The molecule has 6 nitrogen and oxygen atoms in total. The first-order valence-electron chi connectivity index (χ1n) is 11.0. The predicted octanol–water partition coefficient (Wildman–Crippen LogP) is 3.70. The Balaban J connectivity index is 1.59. The molecule has 32 heavy (non-hydrogen) atoms. The van der Waals surface area contributed by atoms with Crippen LogP contribution in [0.25, 0.3) is 0 Å². The first-order chi connectivity index (χ1) is 15.5. The van der Waals surface area contributed by atoms with Crippen molar-refractivity contribution in [2.45, 2.75) is 18.9 Å². The second-order valence-corrected chi connectivity index (χ2v) is 8.84. The lowest BCUT2D eigenvalue weighted by Gasteiger charge is -2.41. The first kappa shape index (κ1) is 20.6. The Morgan fingerprint density at radius 3 is 2.28 bits per heavy atom. The minimum Gasteiger partial charge on any atom is -0.493 e. The smallest absolute Gasteiger partial charge is 0.307 e. The van der Waals surface area contributed by atoms with E-state index in [1.54, 1.807) is 14.2 Å². The van der Waals surface area contributed by atoms with Crippen LogP contribution in [0.15, 0.2) is 54.6 Å². The van der Waals surface area contributed by atoms with Crippen molar-refractivity contribution < 1.29 is 24.2 Å². The van der Waals surface area contributed by atoms with Gasteiger partial charge in [0.25, 0.3) is 0 Å². The molecule has 3 aliphatic rings. The van der Waals surface area contributed by atoms with Crippen LogP contribution in [-0.4, -0.2) is 42.6 Å². The Labute approximate surface area is 187 Å². The number of amides is 1. The third-order valence-electron chi connectivity index (χ3n) is 7.30. The monoisotopic (exact) mass is 433 g/mol. The lowest BCUT2D eigenvalue weighted by molar-refractivity contribution is -0.152. The molecule has 166 valence electrons. The maximum absolute atomic E-state index is 13.9. The summed E-state index contributed by atoms with van der Waals surface area (Å²) in [4.78, 5) is 27.9. The fourth-order valence-electron chi connectivity index (χ4n) is 5.87. The van der Waals surface area contributed by atoms with Crippen LogP contribution in [0.3, 0.4) is 0 Å². The molecule has 6 heteroatoms. The van der Waals surface area contributed by atoms with Gasteiger partial charge >= 0.3 is 5.97 Å². The van der Waals surface area contributed by atoms with Gasteiger partial charge in [-0.05, 0) is 53.5 Å². The third kappa shape index (κ3) is 3.17. The summed E-state index contributed by atoms with van der Waals surface area (Å²) in [6.07, 6.45) is 5.44. The van der Waals surface area contributed by atoms with Crippen LogP contribution in [0.1, 0.15) is 29.2 Å². The minimum atomic E-state index is -0.875. The summed E-state index contributed by atoms with van der Waals surface area (Å²) < 4.78 is 11.0. The molecule has 0 radical (unpaired) electrons. The molecule has 1 saturated carbocycles. The maximum Gasteiger partial charge on any atom is 0.307 e. The van der Waals surface area contributed by atoms with E-state index in [0.717, 1.165) is 23.1 Å². The molecule has 1 amide bonds. The number of fused-ring (bicyclic) bond motifs is 3. The first-order valence-corrected chi connectivity index (χ1v) is 11.0. The Morgan fingerprint density at radius 2 is 1.62 bits per heavy atom. The van der Waals surface area contributed by atoms with Crippen LogP contribution in [0.4, 0.5) is 0 Å². The fraction of sp³-hybridized carbons (Fsp3) is 0.385. The van der Waals surface area contributed by atoms with Crippen LogP contribution in [-0.2, 0) is 16.0 Å². The Hall–Kier alpha value is -3.28. The molecule has 5 atom stereocenters. The van der Waals surface area contributed by atoms with Gasteiger partial charge in [-0.25, -0.2) is 0 Å². The highest BCUT2D eigenvalue weighted by atomic mass is 16.5. The molecule has 5 unspecified atom stereocenters. The topological polar surface area (TPSA) is 76.1 Å². The summed E-state index contributed by atoms with van der Waals surface area (Å²) in [5.74, 6) is -0.880. The number of aliphatic carboxylic acids is 1. The van der Waals surface area contributed by atoms with Crippen molar-refractivity contribution in [2.75, 3.05) is 20.8 Å². The van der Waals surface area contributed by atoms with E-state index < -0.39 is 17.8 Å². The van der Waals surface area contributed by atoms with E-state index >= 15 is 0 Å². The molecule has 1 aliphatic heterocycles. The van der Waals surface area contributed by atoms with Crippen molar-refractivity contribution in [3.8, 4) is 11.5 Å². The number of benzene rings is 2. The second kappa shape index (κ2) is 8.01. The Kier molecular flexibility index (Phi) is 5.16. The number of carboxylic acids is 1. The van der Waals surface area contributed by atoms with E-state index in [-0.39, 0.29) is 23.8 Å². The third-order valence-corrected chi connectivity index (χ3v) is 7.30. The lowest BCUT2D eigenvalue weighted by atomic mass is 9.80.